The summed E-state index contributed by atoms with van der Waals surface area (Å²) in [6, 6.07) is 0. The molecule has 0 aliphatic carbocycles. The van der Waals surface area contributed by atoms with E-state index in [1.165, 1.54) is 6.33 Å². The van der Waals surface area contributed by atoms with Gasteiger partial charge in [0.25, 0.3) is 6.43 Å². The Labute approximate surface area is 96.7 Å². The minimum Gasteiger partial charge on any atom is -0.385 e. The van der Waals surface area contributed by atoms with Crippen LogP contribution in [-0.4, -0.2) is 34.1 Å². The number of hydrogen-bond donors (Lipinski definition) is 2. The lowest BCUT2D eigenvalue weighted by molar-refractivity contribution is 0.00380. The van der Waals surface area contributed by atoms with E-state index in [0.717, 1.165) is 0 Å². The zero-order chi connectivity index (χ0) is 12.1. The molecule has 0 amide bonds. The Balaban J connectivity index is 2.70. The highest BCUT2D eigenvalue weighted by atomic mass is 35.5. The summed E-state index contributed by atoms with van der Waals surface area (Å²) in [4.78, 5) is 7.66. The van der Waals surface area contributed by atoms with Crippen LogP contribution in [0.5, 0.6) is 0 Å². The van der Waals surface area contributed by atoms with Crippen molar-refractivity contribution < 1.29 is 13.9 Å². The number of rotatable bonds is 5. The molecule has 0 aliphatic heterocycles. The third-order valence-corrected chi connectivity index (χ3v) is 2.34. The van der Waals surface area contributed by atoms with Crippen LogP contribution in [0.2, 0.25) is 5.15 Å². The van der Waals surface area contributed by atoms with Crippen molar-refractivity contribution in [3.8, 4) is 0 Å². The van der Waals surface area contributed by atoms with Crippen LogP contribution in [0.25, 0.3) is 0 Å². The molecule has 1 unspecified atom stereocenters. The number of anilines is 1. The normalized spacial score (nSPS) is 12.9. The minimum atomic E-state index is -2.78. The zero-order valence-corrected chi connectivity index (χ0v) is 9.38. The van der Waals surface area contributed by atoms with E-state index in [-0.39, 0.29) is 11.7 Å². The summed E-state index contributed by atoms with van der Waals surface area (Å²) in [6.45, 7) is 1.57. The fourth-order valence-electron chi connectivity index (χ4n) is 1.15. The first-order valence-electron chi connectivity index (χ1n) is 4.75. The largest absolute Gasteiger partial charge is 0.385 e. The van der Waals surface area contributed by atoms with Crippen molar-refractivity contribution in [2.45, 2.75) is 25.9 Å². The third-order valence-electron chi connectivity index (χ3n) is 2.02. The Morgan fingerprint density at radius 3 is 2.75 bits per heavy atom. The van der Waals surface area contributed by atoms with Gasteiger partial charge in [0, 0.05) is 12.1 Å². The Bertz CT molecular complexity index is 352. The molecule has 4 nitrogen and oxygen atoms in total. The van der Waals surface area contributed by atoms with Crippen LogP contribution < -0.4 is 5.32 Å². The van der Waals surface area contributed by atoms with E-state index >= 15 is 0 Å². The first-order valence-corrected chi connectivity index (χ1v) is 5.13. The second kappa shape index (κ2) is 5.91. The number of aliphatic hydroxyl groups excluding tert-OH is 1. The molecule has 1 aromatic rings. The number of nitrogens with zero attached hydrogens (tertiary/aromatic N) is 2. The molecule has 1 rings (SSSR count). The summed E-state index contributed by atoms with van der Waals surface area (Å²) in [5.41, 5.74) is 0.644. The van der Waals surface area contributed by atoms with Crippen LogP contribution in [0.1, 0.15) is 12.5 Å². The van der Waals surface area contributed by atoms with Gasteiger partial charge in [-0.05, 0) is 6.42 Å². The predicted octanol–water partition coefficient (Wildman–Crippen LogP) is 1.73. The van der Waals surface area contributed by atoms with Crippen molar-refractivity contribution in [2.75, 3.05) is 11.9 Å². The molecule has 0 fully saturated rings. The molecule has 16 heavy (non-hydrogen) atoms. The second-order valence-electron chi connectivity index (χ2n) is 3.13. The zero-order valence-electron chi connectivity index (χ0n) is 8.62. The summed E-state index contributed by atoms with van der Waals surface area (Å²) in [5.74, 6) is 0.377. The van der Waals surface area contributed by atoms with Gasteiger partial charge in [-0.25, -0.2) is 18.7 Å². The first kappa shape index (κ1) is 13.1. The standard InChI is InChI=1S/C9H12ClF2N3O/c1-2-5-7(10)14-4-15-9(5)13-3-6(16)8(11)12/h4,6,8,16H,2-3H2,1H3,(H,13,14,15). The van der Waals surface area contributed by atoms with Crippen LogP contribution in [0.15, 0.2) is 6.33 Å². The number of aliphatic hydroxyl groups is 1. The summed E-state index contributed by atoms with van der Waals surface area (Å²) >= 11 is 5.81. The highest BCUT2D eigenvalue weighted by molar-refractivity contribution is 6.30. The minimum absolute atomic E-state index is 0.280. The number of hydrogen-bond acceptors (Lipinski definition) is 4. The molecule has 0 spiro atoms. The first-order chi connectivity index (χ1) is 7.56. The average Bonchev–Trinajstić information content (AvgIpc) is 2.25. The van der Waals surface area contributed by atoms with Crippen LogP contribution >= 0.6 is 11.6 Å². The van der Waals surface area contributed by atoms with E-state index in [2.05, 4.69) is 15.3 Å². The van der Waals surface area contributed by atoms with Gasteiger partial charge in [-0.2, -0.15) is 0 Å². The van der Waals surface area contributed by atoms with Crippen LogP contribution in [-0.2, 0) is 6.42 Å². The maximum Gasteiger partial charge on any atom is 0.265 e. The maximum atomic E-state index is 12.0. The summed E-state index contributed by atoms with van der Waals surface area (Å²) in [7, 11) is 0. The van der Waals surface area contributed by atoms with Gasteiger partial charge < -0.3 is 10.4 Å². The van der Waals surface area contributed by atoms with Crippen molar-refractivity contribution in [1.29, 1.82) is 0 Å². The van der Waals surface area contributed by atoms with Crippen LogP contribution in [0.3, 0.4) is 0 Å². The Morgan fingerprint density at radius 1 is 1.50 bits per heavy atom. The predicted molar refractivity (Wildman–Crippen MR) is 56.9 cm³/mol. The fraction of sp³-hybridized carbons (Fsp3) is 0.556. The Morgan fingerprint density at radius 2 is 2.19 bits per heavy atom. The molecular weight excluding hydrogens is 240 g/mol. The molecule has 0 aromatic carbocycles. The van der Waals surface area contributed by atoms with E-state index in [0.29, 0.717) is 17.8 Å². The van der Waals surface area contributed by atoms with Gasteiger partial charge >= 0.3 is 0 Å². The van der Waals surface area contributed by atoms with Gasteiger partial charge in [0.15, 0.2) is 0 Å². The fourth-order valence-corrected chi connectivity index (χ4v) is 1.41. The molecule has 0 saturated heterocycles. The highest BCUT2D eigenvalue weighted by Gasteiger charge is 2.17. The molecule has 90 valence electrons. The van der Waals surface area contributed by atoms with Crippen molar-refractivity contribution in [2.24, 2.45) is 0 Å². The molecule has 1 atom stereocenters. The van der Waals surface area contributed by atoms with Crippen molar-refractivity contribution >= 4 is 17.4 Å². The molecule has 0 bridgehead atoms. The van der Waals surface area contributed by atoms with Gasteiger partial charge in [0.05, 0.1) is 0 Å². The van der Waals surface area contributed by atoms with E-state index in [4.69, 9.17) is 16.7 Å². The van der Waals surface area contributed by atoms with Gasteiger partial charge in [-0.15, -0.1) is 0 Å². The Kier molecular flexibility index (Phi) is 4.82. The van der Waals surface area contributed by atoms with E-state index in [9.17, 15) is 8.78 Å². The smallest absolute Gasteiger partial charge is 0.265 e. The molecular formula is C9H12ClF2N3O. The lowest BCUT2D eigenvalue weighted by Gasteiger charge is -2.13. The SMILES string of the molecule is CCc1c(Cl)ncnc1NCC(O)C(F)F. The number of nitrogens with one attached hydrogen (secondary N) is 1. The average molecular weight is 252 g/mol. The summed E-state index contributed by atoms with van der Waals surface area (Å²) in [6.07, 6.45) is -2.70. The van der Waals surface area contributed by atoms with E-state index < -0.39 is 12.5 Å². The number of halogens is 3. The number of alkyl halides is 2. The highest BCUT2D eigenvalue weighted by Crippen LogP contribution is 2.20. The molecule has 7 heteroatoms. The van der Waals surface area contributed by atoms with Crippen molar-refractivity contribution in [1.82, 2.24) is 9.97 Å². The topological polar surface area (TPSA) is 58.0 Å². The van der Waals surface area contributed by atoms with Gasteiger partial charge in [0.2, 0.25) is 0 Å². The molecule has 0 aliphatic rings. The molecule has 0 saturated carbocycles. The van der Waals surface area contributed by atoms with Gasteiger partial charge in [-0.3, -0.25) is 0 Å². The molecule has 0 radical (unpaired) electrons. The molecule has 2 N–H and O–H groups in total. The monoisotopic (exact) mass is 251 g/mol. The lowest BCUT2D eigenvalue weighted by atomic mass is 10.2. The quantitative estimate of drug-likeness (QED) is 0.783. The van der Waals surface area contributed by atoms with E-state index in [1.807, 2.05) is 6.92 Å². The van der Waals surface area contributed by atoms with Crippen molar-refractivity contribution in [3.63, 3.8) is 0 Å². The van der Waals surface area contributed by atoms with Gasteiger partial charge in [-0.1, -0.05) is 18.5 Å². The summed E-state index contributed by atoms with van der Waals surface area (Å²) in [5, 5.41) is 11.8. The second-order valence-corrected chi connectivity index (χ2v) is 3.49. The van der Waals surface area contributed by atoms with Crippen molar-refractivity contribution in [3.05, 3.63) is 17.0 Å². The van der Waals surface area contributed by atoms with Crippen LogP contribution in [0, 0.1) is 0 Å². The maximum absolute atomic E-state index is 12.0. The molecule has 1 heterocycles. The number of aromatic nitrogens is 2. The summed E-state index contributed by atoms with van der Waals surface area (Å²) < 4.78 is 24.1. The lowest BCUT2D eigenvalue weighted by Crippen LogP contribution is -2.27. The van der Waals surface area contributed by atoms with E-state index in [1.54, 1.807) is 0 Å². The third kappa shape index (κ3) is 3.24. The van der Waals surface area contributed by atoms with Crippen LogP contribution in [0.4, 0.5) is 14.6 Å². The Hall–Kier alpha value is -1.01. The molecule has 1 aromatic heterocycles. The van der Waals surface area contributed by atoms with Gasteiger partial charge in [0.1, 0.15) is 23.4 Å².